The molecule has 118 valence electrons. The summed E-state index contributed by atoms with van der Waals surface area (Å²) in [4.78, 5) is 14.0. The second-order valence-electron chi connectivity index (χ2n) is 5.72. The Morgan fingerprint density at radius 1 is 1.52 bits per heavy atom. The third kappa shape index (κ3) is 5.01. The van der Waals surface area contributed by atoms with E-state index in [1.807, 2.05) is 11.8 Å². The van der Waals surface area contributed by atoms with Gasteiger partial charge in [0, 0.05) is 13.0 Å². The molecule has 1 aliphatic heterocycles. The Kier molecular flexibility index (Phi) is 6.08. The molecule has 1 aromatic heterocycles. The van der Waals surface area contributed by atoms with Crippen LogP contribution in [0.15, 0.2) is 0 Å². The molecule has 0 radical (unpaired) electrons. The number of nitrogens with zero attached hydrogens (tertiary/aromatic N) is 3. The number of aliphatic hydroxyl groups excluding tert-OH is 1. The van der Waals surface area contributed by atoms with Crippen LogP contribution in [0.4, 0.5) is 5.13 Å². The van der Waals surface area contributed by atoms with Crippen LogP contribution >= 0.6 is 11.3 Å². The highest BCUT2D eigenvalue weighted by Crippen LogP contribution is 2.18. The highest BCUT2D eigenvalue weighted by atomic mass is 32.1. The van der Waals surface area contributed by atoms with Gasteiger partial charge < -0.3 is 5.11 Å². The van der Waals surface area contributed by atoms with E-state index in [0.29, 0.717) is 24.1 Å². The van der Waals surface area contributed by atoms with Crippen LogP contribution in [0.2, 0.25) is 0 Å². The molecule has 0 saturated carbocycles. The number of carbonyl (C=O) groups excluding carboxylic acids is 1. The Labute approximate surface area is 129 Å². The molecule has 2 N–H and O–H groups in total. The number of amides is 1. The monoisotopic (exact) mass is 312 g/mol. The zero-order chi connectivity index (χ0) is 15.2. The predicted octanol–water partition coefficient (Wildman–Crippen LogP) is 1.52. The van der Waals surface area contributed by atoms with E-state index in [9.17, 15) is 9.90 Å². The van der Waals surface area contributed by atoms with Gasteiger partial charge in [-0.15, -0.1) is 10.2 Å². The van der Waals surface area contributed by atoms with Crippen molar-refractivity contribution >= 4 is 22.4 Å². The van der Waals surface area contributed by atoms with Crippen molar-refractivity contribution in [3.63, 3.8) is 0 Å². The van der Waals surface area contributed by atoms with Crippen molar-refractivity contribution in [1.29, 1.82) is 0 Å². The number of carbonyl (C=O) groups is 1. The zero-order valence-corrected chi connectivity index (χ0v) is 13.5. The minimum Gasteiger partial charge on any atom is -0.392 e. The number of anilines is 1. The van der Waals surface area contributed by atoms with Gasteiger partial charge in [0.25, 0.3) is 0 Å². The molecule has 1 aromatic rings. The zero-order valence-electron chi connectivity index (χ0n) is 12.7. The van der Waals surface area contributed by atoms with Gasteiger partial charge in [-0.1, -0.05) is 31.6 Å². The summed E-state index contributed by atoms with van der Waals surface area (Å²) < 4.78 is 0. The number of aryl methyl sites for hydroxylation is 1. The molecule has 1 saturated heterocycles. The minimum atomic E-state index is -0.339. The quantitative estimate of drug-likeness (QED) is 0.833. The third-order valence-corrected chi connectivity index (χ3v) is 4.73. The van der Waals surface area contributed by atoms with Crippen molar-refractivity contribution < 1.29 is 9.90 Å². The van der Waals surface area contributed by atoms with Crippen LogP contribution < -0.4 is 5.32 Å². The number of rotatable bonds is 6. The van der Waals surface area contributed by atoms with E-state index in [4.69, 9.17) is 0 Å². The number of β-amino-alcohol motifs (C(OH)–C–C–N with tert-alkyl or cyclic N) is 1. The SMILES string of the molecule is CCCCc1nnc(NC(=O)CN2CCC(C)C(O)C2)s1. The van der Waals surface area contributed by atoms with E-state index >= 15 is 0 Å². The van der Waals surface area contributed by atoms with Crippen LogP contribution in [0, 0.1) is 5.92 Å². The molecule has 7 heteroatoms. The molecule has 2 atom stereocenters. The Hall–Kier alpha value is -1.05. The first-order chi connectivity index (χ1) is 10.1. The van der Waals surface area contributed by atoms with Crippen molar-refractivity contribution in [3.8, 4) is 0 Å². The van der Waals surface area contributed by atoms with Crippen molar-refractivity contribution in [1.82, 2.24) is 15.1 Å². The first kappa shape index (κ1) is 16.3. The summed E-state index contributed by atoms with van der Waals surface area (Å²) in [5, 5.41) is 22.2. The van der Waals surface area contributed by atoms with Gasteiger partial charge in [-0.05, 0) is 25.3 Å². The number of hydrogen-bond acceptors (Lipinski definition) is 6. The molecule has 1 aliphatic rings. The highest BCUT2D eigenvalue weighted by molar-refractivity contribution is 7.15. The van der Waals surface area contributed by atoms with Crippen molar-refractivity contribution in [2.24, 2.45) is 5.92 Å². The molecular formula is C14H24N4O2S. The third-order valence-electron chi connectivity index (χ3n) is 3.83. The Morgan fingerprint density at radius 2 is 2.33 bits per heavy atom. The summed E-state index contributed by atoms with van der Waals surface area (Å²) in [5.41, 5.74) is 0. The maximum Gasteiger partial charge on any atom is 0.240 e. The normalized spacial score (nSPS) is 23.2. The van der Waals surface area contributed by atoms with Gasteiger partial charge in [0.15, 0.2) is 0 Å². The van der Waals surface area contributed by atoms with Gasteiger partial charge in [-0.2, -0.15) is 0 Å². The van der Waals surface area contributed by atoms with Gasteiger partial charge in [-0.25, -0.2) is 0 Å². The van der Waals surface area contributed by atoms with Gasteiger partial charge in [0.05, 0.1) is 12.6 Å². The molecule has 21 heavy (non-hydrogen) atoms. The van der Waals surface area contributed by atoms with Crippen molar-refractivity contribution in [2.75, 3.05) is 25.0 Å². The molecule has 1 amide bonds. The maximum absolute atomic E-state index is 12.0. The second-order valence-corrected chi connectivity index (χ2v) is 6.78. The molecule has 0 aromatic carbocycles. The van der Waals surface area contributed by atoms with Crippen molar-refractivity contribution in [3.05, 3.63) is 5.01 Å². The van der Waals surface area contributed by atoms with E-state index in [1.54, 1.807) is 0 Å². The molecule has 0 aliphatic carbocycles. The van der Waals surface area contributed by atoms with Gasteiger partial charge >= 0.3 is 0 Å². The first-order valence-corrected chi connectivity index (χ1v) is 8.42. The molecule has 1 fully saturated rings. The number of aromatic nitrogens is 2. The van der Waals surface area contributed by atoms with E-state index in [0.717, 1.165) is 37.2 Å². The standard InChI is InChI=1S/C14H24N4O2S/c1-3-4-5-13-16-17-14(21-13)15-12(20)9-18-7-6-10(2)11(19)8-18/h10-11,19H,3-9H2,1-2H3,(H,15,17,20). The van der Waals surface area contributed by atoms with E-state index in [2.05, 4.69) is 22.4 Å². The maximum atomic E-state index is 12.0. The Bertz CT molecular complexity index is 466. The number of nitrogens with one attached hydrogen (secondary N) is 1. The lowest BCUT2D eigenvalue weighted by Crippen LogP contribution is -2.45. The van der Waals surface area contributed by atoms with Gasteiger partial charge in [0.2, 0.25) is 11.0 Å². The summed E-state index contributed by atoms with van der Waals surface area (Å²) in [6.45, 7) is 5.89. The number of aliphatic hydroxyl groups is 1. The predicted molar refractivity (Wildman–Crippen MR) is 83.4 cm³/mol. The average Bonchev–Trinajstić information content (AvgIpc) is 2.88. The summed E-state index contributed by atoms with van der Waals surface area (Å²) in [7, 11) is 0. The lowest BCUT2D eigenvalue weighted by Gasteiger charge is -2.33. The largest absolute Gasteiger partial charge is 0.392 e. The molecule has 2 unspecified atom stereocenters. The lowest BCUT2D eigenvalue weighted by atomic mass is 9.96. The van der Waals surface area contributed by atoms with Crippen LogP contribution in [0.25, 0.3) is 0 Å². The minimum absolute atomic E-state index is 0.0880. The topological polar surface area (TPSA) is 78.4 Å². The van der Waals surface area contributed by atoms with Gasteiger partial charge in [0.1, 0.15) is 5.01 Å². The summed E-state index contributed by atoms with van der Waals surface area (Å²) in [6.07, 6.45) is 3.71. The van der Waals surface area contributed by atoms with Crippen LogP contribution in [0.3, 0.4) is 0 Å². The average molecular weight is 312 g/mol. The Morgan fingerprint density at radius 3 is 3.05 bits per heavy atom. The molecule has 6 nitrogen and oxygen atoms in total. The number of unbranched alkanes of at least 4 members (excludes halogenated alkanes) is 1. The lowest BCUT2D eigenvalue weighted by molar-refractivity contribution is -0.118. The van der Waals surface area contributed by atoms with E-state index in [1.165, 1.54) is 11.3 Å². The van der Waals surface area contributed by atoms with Crippen LogP contribution in [0.5, 0.6) is 0 Å². The van der Waals surface area contributed by atoms with Crippen LogP contribution in [0.1, 0.15) is 38.1 Å². The fourth-order valence-corrected chi connectivity index (χ4v) is 3.15. The van der Waals surface area contributed by atoms with Gasteiger partial charge in [-0.3, -0.25) is 15.0 Å². The summed E-state index contributed by atoms with van der Waals surface area (Å²) >= 11 is 1.44. The smallest absolute Gasteiger partial charge is 0.240 e. The van der Waals surface area contributed by atoms with E-state index in [-0.39, 0.29) is 12.0 Å². The first-order valence-electron chi connectivity index (χ1n) is 7.61. The molecule has 0 spiro atoms. The second kappa shape index (κ2) is 7.82. The fourth-order valence-electron chi connectivity index (χ4n) is 2.35. The fraction of sp³-hybridized carbons (Fsp3) is 0.786. The molecular weight excluding hydrogens is 288 g/mol. The van der Waals surface area contributed by atoms with Crippen LogP contribution in [-0.2, 0) is 11.2 Å². The summed E-state index contributed by atoms with van der Waals surface area (Å²) in [5.74, 6) is 0.226. The van der Waals surface area contributed by atoms with E-state index < -0.39 is 0 Å². The number of hydrogen-bond donors (Lipinski definition) is 2. The molecule has 2 heterocycles. The number of likely N-dealkylation sites (tertiary alicyclic amines) is 1. The van der Waals surface area contributed by atoms with Crippen molar-refractivity contribution in [2.45, 2.75) is 45.6 Å². The Balaban J connectivity index is 1.77. The summed E-state index contributed by atoms with van der Waals surface area (Å²) in [6, 6.07) is 0. The highest BCUT2D eigenvalue weighted by Gasteiger charge is 2.25. The number of piperidine rings is 1. The molecule has 2 rings (SSSR count). The van der Waals surface area contributed by atoms with Crippen LogP contribution in [-0.4, -0.2) is 51.8 Å². The molecule has 0 bridgehead atoms.